The molecule has 27 heavy (non-hydrogen) atoms. The number of amides is 1. The van der Waals surface area contributed by atoms with Crippen LogP contribution in [0, 0.1) is 0 Å². The molecule has 1 heterocycles. The highest BCUT2D eigenvalue weighted by Crippen LogP contribution is 2.24. The summed E-state index contributed by atoms with van der Waals surface area (Å²) < 4.78 is 5.60. The quantitative estimate of drug-likeness (QED) is 0.590. The minimum atomic E-state index is -0.225. The smallest absolute Gasteiger partial charge is 0.255 e. The van der Waals surface area contributed by atoms with Crippen LogP contribution >= 0.6 is 11.6 Å². The van der Waals surface area contributed by atoms with Gasteiger partial charge in [-0.25, -0.2) is 4.98 Å². The number of nitrogens with zero attached hydrogens (tertiary/aromatic N) is 1. The van der Waals surface area contributed by atoms with Crippen LogP contribution in [-0.4, -0.2) is 17.0 Å². The predicted octanol–water partition coefficient (Wildman–Crippen LogP) is 5.52. The third kappa shape index (κ3) is 5.21. The molecule has 0 aliphatic carbocycles. The predicted molar refractivity (Wildman–Crippen MR) is 109 cm³/mol. The van der Waals surface area contributed by atoms with E-state index in [2.05, 4.69) is 15.6 Å². The zero-order valence-corrected chi connectivity index (χ0v) is 15.8. The number of pyridine rings is 1. The third-order valence-corrected chi connectivity index (χ3v) is 3.97. The molecule has 0 bridgehead atoms. The highest BCUT2D eigenvalue weighted by Gasteiger charge is 2.09. The molecule has 0 aliphatic rings. The van der Waals surface area contributed by atoms with Gasteiger partial charge in [0.2, 0.25) is 0 Å². The summed E-state index contributed by atoms with van der Waals surface area (Å²) in [5, 5.41) is 6.56. The Kier molecular flexibility index (Phi) is 5.94. The Morgan fingerprint density at radius 2 is 1.81 bits per heavy atom. The van der Waals surface area contributed by atoms with Crippen LogP contribution in [0.3, 0.4) is 0 Å². The molecule has 0 spiro atoms. The SMILES string of the molecule is CC(C)Oc1ccc(NC(=O)c2ccnc(Nc3ccccc3Cl)c2)cc1. The molecule has 3 rings (SSSR count). The van der Waals surface area contributed by atoms with Gasteiger partial charge in [0, 0.05) is 17.4 Å². The fourth-order valence-corrected chi connectivity index (χ4v) is 2.62. The van der Waals surface area contributed by atoms with Crippen LogP contribution in [0.25, 0.3) is 0 Å². The van der Waals surface area contributed by atoms with Crippen molar-refractivity contribution in [1.82, 2.24) is 4.98 Å². The number of halogens is 1. The van der Waals surface area contributed by atoms with Crippen molar-refractivity contribution in [1.29, 1.82) is 0 Å². The third-order valence-electron chi connectivity index (χ3n) is 3.64. The number of aromatic nitrogens is 1. The molecule has 5 nitrogen and oxygen atoms in total. The molecule has 0 saturated heterocycles. The van der Waals surface area contributed by atoms with Crippen LogP contribution in [0.5, 0.6) is 5.75 Å². The maximum Gasteiger partial charge on any atom is 0.255 e. The number of hydrogen-bond acceptors (Lipinski definition) is 4. The van der Waals surface area contributed by atoms with Crippen LogP contribution in [0.15, 0.2) is 66.9 Å². The highest BCUT2D eigenvalue weighted by molar-refractivity contribution is 6.33. The Labute approximate surface area is 163 Å². The van der Waals surface area contributed by atoms with Crippen molar-refractivity contribution in [3.63, 3.8) is 0 Å². The van der Waals surface area contributed by atoms with Gasteiger partial charge in [-0.2, -0.15) is 0 Å². The Bertz CT molecular complexity index is 927. The molecule has 2 N–H and O–H groups in total. The van der Waals surface area contributed by atoms with E-state index in [1.807, 2.05) is 44.2 Å². The fraction of sp³-hybridized carbons (Fsp3) is 0.143. The van der Waals surface area contributed by atoms with Gasteiger partial charge in [0.15, 0.2) is 0 Å². The van der Waals surface area contributed by atoms with E-state index in [-0.39, 0.29) is 12.0 Å². The summed E-state index contributed by atoms with van der Waals surface area (Å²) in [7, 11) is 0. The molecule has 0 atom stereocenters. The summed E-state index contributed by atoms with van der Waals surface area (Å²) in [4.78, 5) is 16.8. The van der Waals surface area contributed by atoms with Gasteiger partial charge >= 0.3 is 0 Å². The molecule has 0 saturated carbocycles. The number of carbonyl (C=O) groups is 1. The molecule has 1 aromatic heterocycles. The number of carbonyl (C=O) groups excluding carboxylic acids is 1. The molecule has 0 fully saturated rings. The van der Waals surface area contributed by atoms with Crippen LogP contribution in [0.4, 0.5) is 17.2 Å². The molecule has 0 unspecified atom stereocenters. The largest absolute Gasteiger partial charge is 0.491 e. The first kappa shape index (κ1) is 18.7. The van der Waals surface area contributed by atoms with E-state index >= 15 is 0 Å². The minimum Gasteiger partial charge on any atom is -0.491 e. The molecule has 1 amide bonds. The second kappa shape index (κ2) is 8.56. The molecular formula is C21H20ClN3O2. The first-order valence-electron chi connectivity index (χ1n) is 8.57. The molecule has 6 heteroatoms. The Morgan fingerprint density at radius 3 is 2.52 bits per heavy atom. The Hall–Kier alpha value is -3.05. The normalized spacial score (nSPS) is 10.5. The van der Waals surface area contributed by atoms with Crippen LogP contribution in [-0.2, 0) is 0 Å². The van der Waals surface area contributed by atoms with Gasteiger partial charge in [-0.1, -0.05) is 23.7 Å². The molecule has 0 aliphatic heterocycles. The van der Waals surface area contributed by atoms with E-state index in [4.69, 9.17) is 16.3 Å². The number of anilines is 3. The average molecular weight is 382 g/mol. The van der Waals surface area contributed by atoms with Crippen molar-refractivity contribution >= 4 is 34.7 Å². The first-order valence-corrected chi connectivity index (χ1v) is 8.95. The second-order valence-electron chi connectivity index (χ2n) is 6.18. The van der Waals surface area contributed by atoms with Crippen LogP contribution < -0.4 is 15.4 Å². The minimum absolute atomic E-state index is 0.103. The Balaban J connectivity index is 1.69. The lowest BCUT2D eigenvalue weighted by atomic mass is 10.2. The summed E-state index contributed by atoms with van der Waals surface area (Å²) in [6, 6.07) is 17.9. The number of para-hydroxylation sites is 1. The van der Waals surface area contributed by atoms with E-state index in [9.17, 15) is 4.79 Å². The maximum atomic E-state index is 12.5. The summed E-state index contributed by atoms with van der Waals surface area (Å²) >= 11 is 6.15. The number of hydrogen-bond donors (Lipinski definition) is 2. The van der Waals surface area contributed by atoms with Crippen LogP contribution in [0.2, 0.25) is 5.02 Å². The zero-order valence-electron chi connectivity index (χ0n) is 15.1. The van der Waals surface area contributed by atoms with Gasteiger partial charge in [0.05, 0.1) is 16.8 Å². The number of nitrogens with one attached hydrogen (secondary N) is 2. The van der Waals surface area contributed by atoms with Crippen molar-refractivity contribution in [2.24, 2.45) is 0 Å². The van der Waals surface area contributed by atoms with Gasteiger partial charge in [0.25, 0.3) is 5.91 Å². The van der Waals surface area contributed by atoms with Gasteiger partial charge in [0.1, 0.15) is 11.6 Å². The molecular weight excluding hydrogens is 362 g/mol. The zero-order chi connectivity index (χ0) is 19.2. The Morgan fingerprint density at radius 1 is 1.07 bits per heavy atom. The fourth-order valence-electron chi connectivity index (χ4n) is 2.43. The van der Waals surface area contributed by atoms with Crippen molar-refractivity contribution in [3.05, 3.63) is 77.4 Å². The summed E-state index contributed by atoms with van der Waals surface area (Å²) in [6.07, 6.45) is 1.68. The van der Waals surface area contributed by atoms with Gasteiger partial charge < -0.3 is 15.4 Å². The summed E-state index contributed by atoms with van der Waals surface area (Å²) in [5.41, 5.74) is 1.90. The lowest BCUT2D eigenvalue weighted by molar-refractivity contribution is 0.102. The van der Waals surface area contributed by atoms with E-state index in [0.717, 1.165) is 11.4 Å². The average Bonchev–Trinajstić information content (AvgIpc) is 2.65. The van der Waals surface area contributed by atoms with E-state index in [0.29, 0.717) is 22.1 Å². The molecule has 3 aromatic rings. The summed E-state index contributed by atoms with van der Waals surface area (Å²) in [6.45, 7) is 3.93. The highest BCUT2D eigenvalue weighted by atomic mass is 35.5. The first-order chi connectivity index (χ1) is 13.0. The summed E-state index contributed by atoms with van der Waals surface area (Å²) in [5.74, 6) is 1.08. The van der Waals surface area contributed by atoms with Crippen LogP contribution in [0.1, 0.15) is 24.2 Å². The van der Waals surface area contributed by atoms with Gasteiger partial charge in [-0.05, 0) is 62.4 Å². The van der Waals surface area contributed by atoms with E-state index in [1.165, 1.54) is 0 Å². The lowest BCUT2D eigenvalue weighted by Gasteiger charge is -2.11. The van der Waals surface area contributed by atoms with Gasteiger partial charge in [-0.15, -0.1) is 0 Å². The second-order valence-corrected chi connectivity index (χ2v) is 6.59. The van der Waals surface area contributed by atoms with Crippen molar-refractivity contribution in [2.75, 3.05) is 10.6 Å². The van der Waals surface area contributed by atoms with E-state index < -0.39 is 0 Å². The number of benzene rings is 2. The van der Waals surface area contributed by atoms with Crippen molar-refractivity contribution < 1.29 is 9.53 Å². The van der Waals surface area contributed by atoms with Crippen molar-refractivity contribution in [2.45, 2.75) is 20.0 Å². The van der Waals surface area contributed by atoms with E-state index in [1.54, 1.807) is 36.5 Å². The standard InChI is InChI=1S/C21H20ClN3O2/c1-14(2)27-17-9-7-16(8-10-17)24-21(26)15-11-12-23-20(13-15)25-19-6-4-3-5-18(19)22/h3-14H,1-2H3,(H,23,25)(H,24,26). The molecule has 138 valence electrons. The number of ether oxygens (including phenoxy) is 1. The maximum absolute atomic E-state index is 12.5. The monoisotopic (exact) mass is 381 g/mol. The molecule has 2 aromatic carbocycles. The molecule has 0 radical (unpaired) electrons. The number of rotatable bonds is 6. The van der Waals surface area contributed by atoms with Crippen molar-refractivity contribution in [3.8, 4) is 5.75 Å². The topological polar surface area (TPSA) is 63.2 Å². The lowest BCUT2D eigenvalue weighted by Crippen LogP contribution is -2.12. The van der Waals surface area contributed by atoms with Gasteiger partial charge in [-0.3, -0.25) is 4.79 Å².